The summed E-state index contributed by atoms with van der Waals surface area (Å²) in [6.45, 7) is -0.0267. The van der Waals surface area contributed by atoms with Crippen LogP contribution in [0.1, 0.15) is 15.5 Å². The first-order valence-electron chi connectivity index (χ1n) is 3.80. The molecule has 1 heterocycles. The standard InChI is InChI=1S/C6H9N3O4S2/c1-7-15(12,13)8-2-5-9-4(3-14-5)6(10)11/h3,7-8H,2H2,1H3,(H,10,11). The number of rotatable bonds is 5. The van der Waals surface area contributed by atoms with Gasteiger partial charge in [0.15, 0.2) is 5.69 Å². The Labute approximate surface area is 90.3 Å². The van der Waals surface area contributed by atoms with Crippen molar-refractivity contribution in [2.75, 3.05) is 7.05 Å². The summed E-state index contributed by atoms with van der Waals surface area (Å²) in [5.74, 6) is -1.13. The maximum absolute atomic E-state index is 11.0. The van der Waals surface area contributed by atoms with E-state index in [1.807, 2.05) is 0 Å². The molecule has 15 heavy (non-hydrogen) atoms. The largest absolute Gasteiger partial charge is 0.476 e. The van der Waals surface area contributed by atoms with Gasteiger partial charge in [0, 0.05) is 12.4 Å². The molecule has 0 saturated heterocycles. The van der Waals surface area contributed by atoms with Crippen LogP contribution in [-0.2, 0) is 16.8 Å². The molecule has 0 aliphatic heterocycles. The van der Waals surface area contributed by atoms with Gasteiger partial charge < -0.3 is 5.11 Å². The third-order valence-corrected chi connectivity index (χ3v) is 3.36. The zero-order valence-electron chi connectivity index (χ0n) is 7.72. The zero-order chi connectivity index (χ0) is 11.5. The van der Waals surface area contributed by atoms with Crippen molar-refractivity contribution in [2.24, 2.45) is 0 Å². The van der Waals surface area contributed by atoms with Gasteiger partial charge in [-0.3, -0.25) is 0 Å². The summed E-state index contributed by atoms with van der Waals surface area (Å²) in [6.07, 6.45) is 0. The van der Waals surface area contributed by atoms with Crippen LogP contribution in [0.5, 0.6) is 0 Å². The van der Waals surface area contributed by atoms with Crippen molar-refractivity contribution in [3.8, 4) is 0 Å². The molecule has 0 amide bonds. The Balaban J connectivity index is 2.63. The molecule has 1 rings (SSSR count). The number of thiazole rings is 1. The first-order chi connectivity index (χ1) is 6.94. The van der Waals surface area contributed by atoms with Crippen LogP contribution in [0, 0.1) is 0 Å². The van der Waals surface area contributed by atoms with E-state index < -0.39 is 16.2 Å². The van der Waals surface area contributed by atoms with Crippen LogP contribution >= 0.6 is 11.3 Å². The highest BCUT2D eigenvalue weighted by atomic mass is 32.2. The fourth-order valence-electron chi connectivity index (χ4n) is 0.719. The average Bonchev–Trinajstić information content (AvgIpc) is 2.63. The van der Waals surface area contributed by atoms with E-state index in [4.69, 9.17) is 5.11 Å². The normalized spacial score (nSPS) is 11.5. The molecule has 9 heteroatoms. The maximum atomic E-state index is 11.0. The zero-order valence-corrected chi connectivity index (χ0v) is 9.35. The van der Waals surface area contributed by atoms with Gasteiger partial charge >= 0.3 is 5.97 Å². The number of carboxylic acid groups (broad SMARTS) is 1. The summed E-state index contributed by atoms with van der Waals surface area (Å²) < 4.78 is 26.2. The number of nitrogens with one attached hydrogen (secondary N) is 2. The molecule has 0 fully saturated rings. The van der Waals surface area contributed by atoms with Crippen molar-refractivity contribution in [3.63, 3.8) is 0 Å². The lowest BCUT2D eigenvalue weighted by molar-refractivity contribution is 0.0691. The molecule has 1 aromatic rings. The smallest absolute Gasteiger partial charge is 0.355 e. The predicted octanol–water partition coefficient (Wildman–Crippen LogP) is -0.605. The molecule has 0 radical (unpaired) electrons. The van der Waals surface area contributed by atoms with Crippen molar-refractivity contribution < 1.29 is 18.3 Å². The van der Waals surface area contributed by atoms with Crippen LogP contribution in [0.3, 0.4) is 0 Å². The quantitative estimate of drug-likeness (QED) is 0.647. The van der Waals surface area contributed by atoms with Crippen molar-refractivity contribution >= 4 is 27.5 Å². The van der Waals surface area contributed by atoms with Crippen LogP contribution < -0.4 is 9.44 Å². The fraction of sp³-hybridized carbons (Fsp3) is 0.333. The second-order valence-electron chi connectivity index (χ2n) is 2.46. The van der Waals surface area contributed by atoms with Crippen molar-refractivity contribution in [2.45, 2.75) is 6.54 Å². The van der Waals surface area contributed by atoms with Gasteiger partial charge in [0.2, 0.25) is 0 Å². The molecule has 0 aromatic carbocycles. The minimum atomic E-state index is -3.51. The first-order valence-corrected chi connectivity index (χ1v) is 6.16. The Hall–Kier alpha value is -1.03. The SMILES string of the molecule is CNS(=O)(=O)NCc1nc(C(=O)O)cs1. The van der Waals surface area contributed by atoms with Crippen LogP contribution in [0.4, 0.5) is 0 Å². The van der Waals surface area contributed by atoms with Crippen LogP contribution in [0.2, 0.25) is 0 Å². The predicted molar refractivity (Wildman–Crippen MR) is 53.9 cm³/mol. The molecular weight excluding hydrogens is 242 g/mol. The van der Waals surface area contributed by atoms with Gasteiger partial charge in [-0.1, -0.05) is 0 Å². The van der Waals surface area contributed by atoms with E-state index in [1.165, 1.54) is 12.4 Å². The van der Waals surface area contributed by atoms with Gasteiger partial charge in [0.05, 0.1) is 6.54 Å². The van der Waals surface area contributed by atoms with E-state index >= 15 is 0 Å². The minimum Gasteiger partial charge on any atom is -0.476 e. The van der Waals surface area contributed by atoms with Gasteiger partial charge in [-0.25, -0.2) is 14.5 Å². The second kappa shape index (κ2) is 4.66. The molecule has 1 aromatic heterocycles. The number of aromatic carboxylic acids is 1. The Morgan fingerprint density at radius 2 is 2.33 bits per heavy atom. The van der Waals surface area contributed by atoms with E-state index in [2.05, 4.69) is 14.4 Å². The number of carbonyl (C=O) groups is 1. The number of aromatic nitrogens is 1. The Morgan fingerprint density at radius 3 is 2.80 bits per heavy atom. The molecule has 0 atom stereocenters. The van der Waals surface area contributed by atoms with Gasteiger partial charge in [0.25, 0.3) is 10.2 Å². The van der Waals surface area contributed by atoms with E-state index in [9.17, 15) is 13.2 Å². The fourth-order valence-corrected chi connectivity index (χ4v) is 1.99. The molecule has 84 valence electrons. The highest BCUT2D eigenvalue weighted by Gasteiger charge is 2.11. The highest BCUT2D eigenvalue weighted by molar-refractivity contribution is 7.87. The van der Waals surface area contributed by atoms with E-state index in [0.29, 0.717) is 5.01 Å². The van der Waals surface area contributed by atoms with Gasteiger partial charge in [-0.2, -0.15) is 13.1 Å². The number of hydrogen-bond acceptors (Lipinski definition) is 5. The van der Waals surface area contributed by atoms with Crippen LogP contribution in [0.15, 0.2) is 5.38 Å². The summed E-state index contributed by atoms with van der Waals surface area (Å²) >= 11 is 1.08. The summed E-state index contributed by atoms with van der Waals surface area (Å²) in [6, 6.07) is 0. The number of carboxylic acids is 1. The first kappa shape index (κ1) is 12.0. The van der Waals surface area contributed by atoms with Crippen LogP contribution in [0.25, 0.3) is 0 Å². The highest BCUT2D eigenvalue weighted by Crippen LogP contribution is 2.09. The van der Waals surface area contributed by atoms with Crippen molar-refractivity contribution in [1.82, 2.24) is 14.4 Å². The van der Waals surface area contributed by atoms with E-state index in [0.717, 1.165) is 11.3 Å². The summed E-state index contributed by atoms with van der Waals surface area (Å²) in [4.78, 5) is 14.2. The molecule has 0 spiro atoms. The molecule has 7 nitrogen and oxygen atoms in total. The molecule has 3 N–H and O–H groups in total. The van der Waals surface area contributed by atoms with Gasteiger partial charge in [-0.15, -0.1) is 11.3 Å². The van der Waals surface area contributed by atoms with Crippen molar-refractivity contribution in [3.05, 3.63) is 16.1 Å². The molecular formula is C6H9N3O4S2. The lowest BCUT2D eigenvalue weighted by Gasteiger charge is -2.01. The third-order valence-electron chi connectivity index (χ3n) is 1.45. The lowest BCUT2D eigenvalue weighted by atomic mass is 10.5. The molecule has 0 saturated carbocycles. The molecule has 0 aliphatic carbocycles. The average molecular weight is 251 g/mol. The number of nitrogens with zero attached hydrogens (tertiary/aromatic N) is 1. The third kappa shape index (κ3) is 3.55. The Bertz CT molecular complexity index is 453. The monoisotopic (exact) mass is 251 g/mol. The van der Waals surface area contributed by atoms with E-state index in [1.54, 1.807) is 0 Å². The van der Waals surface area contributed by atoms with E-state index in [-0.39, 0.29) is 12.2 Å². The van der Waals surface area contributed by atoms with Gasteiger partial charge in [0.1, 0.15) is 5.01 Å². The molecule has 0 unspecified atom stereocenters. The summed E-state index contributed by atoms with van der Waals surface area (Å²) in [5.41, 5.74) is -0.0846. The van der Waals surface area contributed by atoms with Gasteiger partial charge in [-0.05, 0) is 0 Å². The lowest BCUT2D eigenvalue weighted by Crippen LogP contribution is -2.33. The molecule has 0 bridgehead atoms. The topological polar surface area (TPSA) is 108 Å². The second-order valence-corrected chi connectivity index (χ2v) is 5.11. The molecule has 0 aliphatic rings. The summed E-state index contributed by atoms with van der Waals surface area (Å²) in [7, 11) is -2.24. The minimum absolute atomic E-state index is 0.0267. The summed E-state index contributed by atoms with van der Waals surface area (Å²) in [5, 5.41) is 10.3. The Morgan fingerprint density at radius 1 is 1.67 bits per heavy atom. The number of hydrogen-bond donors (Lipinski definition) is 3. The Kier molecular flexibility index (Phi) is 3.74. The van der Waals surface area contributed by atoms with Crippen molar-refractivity contribution in [1.29, 1.82) is 0 Å². The maximum Gasteiger partial charge on any atom is 0.355 e. The van der Waals surface area contributed by atoms with Crippen LogP contribution in [-0.4, -0.2) is 31.5 Å².